The molecule has 78 valence electrons. The molecule has 0 heterocycles. The number of hydrogen-bond acceptors (Lipinski definition) is 3. The van der Waals surface area contributed by atoms with Crippen LogP contribution in [-0.2, 0) is 14.3 Å². The molecule has 0 aliphatic rings. The molecule has 0 saturated heterocycles. The van der Waals surface area contributed by atoms with Gasteiger partial charge in [-0.25, -0.2) is 0 Å². The van der Waals surface area contributed by atoms with E-state index in [9.17, 15) is 9.59 Å². The minimum Gasteiger partial charge on any atom is -0.466 e. The van der Waals surface area contributed by atoms with Crippen molar-refractivity contribution in [3.8, 4) is 0 Å². The summed E-state index contributed by atoms with van der Waals surface area (Å²) in [5, 5.41) is 0. The highest BCUT2D eigenvalue weighted by atomic mass is 16.5. The van der Waals surface area contributed by atoms with E-state index in [1.807, 2.05) is 12.2 Å². The van der Waals surface area contributed by atoms with Crippen molar-refractivity contribution in [2.45, 2.75) is 26.2 Å². The van der Waals surface area contributed by atoms with Gasteiger partial charge in [-0.3, -0.25) is 9.59 Å². The molecule has 0 aromatic carbocycles. The topological polar surface area (TPSA) is 43.4 Å². The molecule has 3 heteroatoms. The number of allylic oxidation sites excluding steroid dienone is 4. The van der Waals surface area contributed by atoms with Crippen molar-refractivity contribution in [3.05, 3.63) is 24.3 Å². The zero-order valence-corrected chi connectivity index (χ0v) is 8.44. The van der Waals surface area contributed by atoms with Gasteiger partial charge in [0.15, 0.2) is 0 Å². The van der Waals surface area contributed by atoms with Crippen molar-refractivity contribution in [3.63, 3.8) is 0 Å². The lowest BCUT2D eigenvalue weighted by Gasteiger charge is -1.98. The molecular weight excluding hydrogens is 180 g/mol. The Labute approximate surface area is 84.4 Å². The lowest BCUT2D eigenvalue weighted by atomic mass is 10.2. The lowest BCUT2D eigenvalue weighted by molar-refractivity contribution is -0.141. The van der Waals surface area contributed by atoms with Crippen molar-refractivity contribution >= 4 is 12.3 Å². The Bertz CT molecular complexity index is 217. The van der Waals surface area contributed by atoms with Gasteiger partial charge in [-0.05, 0) is 25.3 Å². The Balaban J connectivity index is 3.20. The third-order valence-electron chi connectivity index (χ3n) is 1.51. The number of rotatable bonds is 7. The Kier molecular flexibility index (Phi) is 8.75. The maximum Gasteiger partial charge on any atom is 0.302 e. The summed E-state index contributed by atoms with van der Waals surface area (Å²) in [6, 6.07) is 0. The summed E-state index contributed by atoms with van der Waals surface area (Å²) in [6.45, 7) is 1.90. The van der Waals surface area contributed by atoms with E-state index in [1.165, 1.54) is 13.0 Å². The van der Waals surface area contributed by atoms with Crippen LogP contribution in [0.1, 0.15) is 26.2 Å². The highest BCUT2D eigenvalue weighted by molar-refractivity contribution is 5.65. The predicted octanol–water partition coefficient (Wildman–Crippen LogP) is 2.03. The van der Waals surface area contributed by atoms with Crippen molar-refractivity contribution < 1.29 is 14.3 Å². The molecule has 3 nitrogen and oxygen atoms in total. The molecule has 0 unspecified atom stereocenters. The van der Waals surface area contributed by atoms with Gasteiger partial charge < -0.3 is 4.74 Å². The third-order valence-corrected chi connectivity index (χ3v) is 1.51. The molecule has 0 bridgehead atoms. The molecule has 14 heavy (non-hydrogen) atoms. The normalized spacial score (nSPS) is 10.9. The molecule has 0 fully saturated rings. The molecule has 0 saturated carbocycles. The smallest absolute Gasteiger partial charge is 0.302 e. The maximum absolute atomic E-state index is 10.4. The number of ether oxygens (including phenoxy) is 1. The number of carbonyl (C=O) groups is 2. The first kappa shape index (κ1) is 12.6. The molecule has 0 amide bonds. The fourth-order valence-electron chi connectivity index (χ4n) is 0.864. The average molecular weight is 196 g/mol. The van der Waals surface area contributed by atoms with E-state index in [0.717, 1.165) is 25.5 Å². The summed E-state index contributed by atoms with van der Waals surface area (Å²) < 4.78 is 4.76. The standard InChI is InChI=1S/C11H16O3/c1-11(13)14-10-8-6-4-2-3-5-7-9-12/h2-3,5,7,9H,4,6,8,10H2,1H3. The molecule has 0 N–H and O–H groups in total. The van der Waals surface area contributed by atoms with Crippen LogP contribution < -0.4 is 0 Å². The molecule has 0 atom stereocenters. The summed E-state index contributed by atoms with van der Waals surface area (Å²) in [6.07, 6.45) is 10.5. The van der Waals surface area contributed by atoms with E-state index in [1.54, 1.807) is 6.08 Å². The van der Waals surface area contributed by atoms with E-state index in [0.29, 0.717) is 6.61 Å². The fraction of sp³-hybridized carbons (Fsp3) is 0.455. The Morgan fingerprint density at radius 1 is 1.21 bits per heavy atom. The van der Waals surface area contributed by atoms with Crippen molar-refractivity contribution in [1.82, 2.24) is 0 Å². The third kappa shape index (κ3) is 10.6. The molecule has 0 rings (SSSR count). The zero-order valence-electron chi connectivity index (χ0n) is 8.44. The second kappa shape index (κ2) is 9.71. The number of aldehydes is 1. The van der Waals surface area contributed by atoms with Gasteiger partial charge in [0.05, 0.1) is 6.61 Å². The van der Waals surface area contributed by atoms with Gasteiger partial charge in [-0.1, -0.05) is 18.2 Å². The SMILES string of the molecule is CC(=O)OCCCCC=CC=CC=O. The first-order chi connectivity index (χ1) is 6.77. The van der Waals surface area contributed by atoms with Gasteiger partial charge in [-0.15, -0.1) is 0 Å². The fourth-order valence-corrected chi connectivity index (χ4v) is 0.864. The quantitative estimate of drug-likeness (QED) is 0.206. The Morgan fingerprint density at radius 2 is 2.00 bits per heavy atom. The van der Waals surface area contributed by atoms with Crippen LogP contribution in [0.2, 0.25) is 0 Å². The highest BCUT2D eigenvalue weighted by Gasteiger charge is 1.90. The minimum absolute atomic E-state index is 0.227. The number of esters is 1. The summed E-state index contributed by atoms with van der Waals surface area (Å²) in [4.78, 5) is 20.2. The number of unbranched alkanes of at least 4 members (excludes halogenated alkanes) is 2. The molecule has 0 aromatic heterocycles. The van der Waals surface area contributed by atoms with E-state index in [2.05, 4.69) is 0 Å². The van der Waals surface area contributed by atoms with Crippen LogP contribution in [-0.4, -0.2) is 18.9 Å². The van der Waals surface area contributed by atoms with Gasteiger partial charge in [0, 0.05) is 6.92 Å². The van der Waals surface area contributed by atoms with Gasteiger partial charge in [0.1, 0.15) is 6.29 Å². The largest absolute Gasteiger partial charge is 0.466 e. The van der Waals surface area contributed by atoms with E-state index in [-0.39, 0.29) is 5.97 Å². The summed E-state index contributed by atoms with van der Waals surface area (Å²) in [5.41, 5.74) is 0. The zero-order chi connectivity index (χ0) is 10.6. The van der Waals surface area contributed by atoms with Gasteiger partial charge in [-0.2, -0.15) is 0 Å². The molecule has 0 radical (unpaired) electrons. The molecule has 0 aromatic rings. The number of carbonyl (C=O) groups excluding carboxylic acids is 2. The summed E-state index contributed by atoms with van der Waals surface area (Å²) in [5.74, 6) is -0.227. The monoisotopic (exact) mass is 196 g/mol. The predicted molar refractivity (Wildman–Crippen MR) is 54.8 cm³/mol. The van der Waals surface area contributed by atoms with Crippen LogP contribution >= 0.6 is 0 Å². The minimum atomic E-state index is -0.227. The van der Waals surface area contributed by atoms with Crippen LogP contribution in [0.4, 0.5) is 0 Å². The maximum atomic E-state index is 10.4. The molecule has 0 aliphatic carbocycles. The average Bonchev–Trinajstić information content (AvgIpc) is 2.15. The van der Waals surface area contributed by atoms with Gasteiger partial charge in [0.2, 0.25) is 0 Å². The van der Waals surface area contributed by atoms with Crippen molar-refractivity contribution in [2.75, 3.05) is 6.61 Å². The van der Waals surface area contributed by atoms with Crippen LogP contribution in [0.15, 0.2) is 24.3 Å². The highest BCUT2D eigenvalue weighted by Crippen LogP contribution is 1.97. The van der Waals surface area contributed by atoms with E-state index in [4.69, 9.17) is 4.74 Å². The van der Waals surface area contributed by atoms with Crippen molar-refractivity contribution in [2.24, 2.45) is 0 Å². The van der Waals surface area contributed by atoms with E-state index < -0.39 is 0 Å². The van der Waals surface area contributed by atoms with Gasteiger partial charge in [0.25, 0.3) is 0 Å². The van der Waals surface area contributed by atoms with Gasteiger partial charge >= 0.3 is 5.97 Å². The summed E-state index contributed by atoms with van der Waals surface area (Å²) in [7, 11) is 0. The van der Waals surface area contributed by atoms with Crippen LogP contribution in [0.3, 0.4) is 0 Å². The first-order valence-electron chi connectivity index (χ1n) is 4.67. The molecule has 0 aliphatic heterocycles. The molecule has 0 spiro atoms. The Hall–Kier alpha value is -1.38. The van der Waals surface area contributed by atoms with E-state index >= 15 is 0 Å². The second-order valence-corrected chi connectivity index (χ2v) is 2.78. The Morgan fingerprint density at radius 3 is 2.64 bits per heavy atom. The second-order valence-electron chi connectivity index (χ2n) is 2.78. The van der Waals surface area contributed by atoms with Crippen LogP contribution in [0.5, 0.6) is 0 Å². The number of hydrogen-bond donors (Lipinski definition) is 0. The summed E-state index contributed by atoms with van der Waals surface area (Å²) >= 11 is 0. The molecular formula is C11H16O3. The van der Waals surface area contributed by atoms with Crippen LogP contribution in [0, 0.1) is 0 Å². The lowest BCUT2D eigenvalue weighted by Crippen LogP contribution is -1.99. The van der Waals surface area contributed by atoms with Crippen molar-refractivity contribution in [1.29, 1.82) is 0 Å². The first-order valence-corrected chi connectivity index (χ1v) is 4.67. The van der Waals surface area contributed by atoms with Crippen LogP contribution in [0.25, 0.3) is 0 Å².